The van der Waals surface area contributed by atoms with Crippen LogP contribution in [0.3, 0.4) is 0 Å². The van der Waals surface area contributed by atoms with Gasteiger partial charge in [0.2, 0.25) is 0 Å². The number of hydrogen-bond acceptors (Lipinski definition) is 5. The van der Waals surface area contributed by atoms with Crippen molar-refractivity contribution in [2.45, 2.75) is 25.7 Å². The molecule has 1 fully saturated rings. The number of carbonyl (C=O) groups is 2. The molecule has 0 saturated carbocycles. The molecule has 0 spiro atoms. The number of piperazine rings is 1. The fraction of sp³-hybridized carbons (Fsp3) is 0.360. The monoisotopic (exact) mass is 436 g/mol. The van der Waals surface area contributed by atoms with E-state index in [1.165, 1.54) is 23.3 Å². The molecule has 0 bridgehead atoms. The number of anilines is 1. The molecule has 2 aromatic carbocycles. The second-order valence-electron chi connectivity index (χ2n) is 8.41. The van der Waals surface area contributed by atoms with Gasteiger partial charge in [0.15, 0.2) is 6.61 Å². The van der Waals surface area contributed by atoms with Gasteiger partial charge in [-0.15, -0.1) is 0 Å². The van der Waals surface area contributed by atoms with Gasteiger partial charge >= 0.3 is 5.97 Å². The summed E-state index contributed by atoms with van der Waals surface area (Å²) in [4.78, 5) is 28.7. The van der Waals surface area contributed by atoms with Crippen LogP contribution in [0.15, 0.2) is 47.1 Å². The normalized spacial score (nSPS) is 15.8. The molecule has 2 heterocycles. The Morgan fingerprint density at radius 1 is 1.00 bits per heavy atom. The van der Waals surface area contributed by atoms with E-state index in [0.29, 0.717) is 26.2 Å². The Morgan fingerprint density at radius 3 is 2.47 bits per heavy atom. The molecule has 1 amide bonds. The second kappa shape index (κ2) is 8.65. The second-order valence-corrected chi connectivity index (χ2v) is 8.41. The molecule has 32 heavy (non-hydrogen) atoms. The third-order valence-corrected chi connectivity index (χ3v) is 6.38. The highest BCUT2D eigenvalue weighted by atomic mass is 19.1. The molecule has 3 aromatic rings. The highest BCUT2D eigenvalue weighted by Gasteiger charge is 2.23. The van der Waals surface area contributed by atoms with Crippen LogP contribution in [-0.2, 0) is 33.6 Å². The summed E-state index contributed by atoms with van der Waals surface area (Å²) in [6, 6.07) is 10.5. The van der Waals surface area contributed by atoms with Gasteiger partial charge in [-0.25, -0.2) is 4.39 Å². The van der Waals surface area contributed by atoms with Crippen molar-refractivity contribution in [3.63, 3.8) is 0 Å². The van der Waals surface area contributed by atoms with Gasteiger partial charge in [0, 0.05) is 42.8 Å². The van der Waals surface area contributed by atoms with Gasteiger partial charge in [0.05, 0.1) is 12.7 Å². The largest absolute Gasteiger partial charge is 0.464 e. The van der Waals surface area contributed by atoms with Gasteiger partial charge in [-0.1, -0.05) is 0 Å². The van der Waals surface area contributed by atoms with Crippen molar-refractivity contribution in [1.29, 1.82) is 0 Å². The molecule has 5 rings (SSSR count). The number of benzene rings is 2. The average molecular weight is 436 g/mol. The molecular weight excluding hydrogens is 411 g/mol. The molecule has 2 aliphatic rings. The smallest absolute Gasteiger partial charge is 0.310 e. The van der Waals surface area contributed by atoms with E-state index >= 15 is 0 Å². The summed E-state index contributed by atoms with van der Waals surface area (Å²) in [6.45, 7) is 2.10. The van der Waals surface area contributed by atoms with Crippen LogP contribution >= 0.6 is 0 Å². The van der Waals surface area contributed by atoms with Crippen molar-refractivity contribution in [2.75, 3.05) is 37.7 Å². The lowest BCUT2D eigenvalue weighted by Gasteiger charge is -2.36. The number of rotatable bonds is 5. The quantitative estimate of drug-likeness (QED) is 0.573. The summed E-state index contributed by atoms with van der Waals surface area (Å²) in [7, 11) is 0. The summed E-state index contributed by atoms with van der Waals surface area (Å²) in [6.07, 6.45) is 4.97. The highest BCUT2D eigenvalue weighted by Crippen LogP contribution is 2.30. The van der Waals surface area contributed by atoms with Crippen LogP contribution in [0.25, 0.3) is 11.0 Å². The Balaban J connectivity index is 1.12. The average Bonchev–Trinajstić information content (AvgIpc) is 3.43. The molecule has 1 saturated heterocycles. The van der Waals surface area contributed by atoms with Crippen molar-refractivity contribution < 1.29 is 23.1 Å². The lowest BCUT2D eigenvalue weighted by Crippen LogP contribution is -2.50. The Kier molecular flexibility index (Phi) is 5.55. The topological polar surface area (TPSA) is 63.0 Å². The maximum atomic E-state index is 13.1. The lowest BCUT2D eigenvalue weighted by atomic mass is 10.0. The van der Waals surface area contributed by atoms with Gasteiger partial charge < -0.3 is 19.0 Å². The number of aryl methyl sites for hydroxylation is 2. The minimum absolute atomic E-state index is 0.0808. The van der Waals surface area contributed by atoms with E-state index in [9.17, 15) is 14.0 Å². The third-order valence-electron chi connectivity index (χ3n) is 6.38. The van der Waals surface area contributed by atoms with E-state index in [1.807, 2.05) is 0 Å². The van der Waals surface area contributed by atoms with E-state index < -0.39 is 5.97 Å². The summed E-state index contributed by atoms with van der Waals surface area (Å²) < 4.78 is 24.0. The van der Waals surface area contributed by atoms with Crippen LogP contribution in [-0.4, -0.2) is 49.6 Å². The highest BCUT2D eigenvalue weighted by molar-refractivity contribution is 5.88. The Labute approximate surface area is 185 Å². The number of amides is 1. The number of fused-ring (bicyclic) bond motifs is 2. The van der Waals surface area contributed by atoms with Crippen LogP contribution in [0.5, 0.6) is 0 Å². The minimum atomic E-state index is -0.438. The van der Waals surface area contributed by atoms with Crippen LogP contribution in [0.4, 0.5) is 10.1 Å². The van der Waals surface area contributed by atoms with E-state index in [-0.39, 0.29) is 24.8 Å². The summed E-state index contributed by atoms with van der Waals surface area (Å²) in [5, 5.41) is 0.950. The van der Waals surface area contributed by atoms with Crippen LogP contribution < -0.4 is 4.90 Å². The molecular formula is C25H25FN2O4. The van der Waals surface area contributed by atoms with E-state index in [4.69, 9.17) is 9.15 Å². The van der Waals surface area contributed by atoms with Gasteiger partial charge in [-0.2, -0.15) is 0 Å². The fourth-order valence-corrected chi connectivity index (χ4v) is 4.59. The zero-order chi connectivity index (χ0) is 22.1. The number of nitrogens with zero attached hydrogens (tertiary/aromatic N) is 2. The molecule has 1 aliphatic heterocycles. The first-order valence-electron chi connectivity index (χ1n) is 11.0. The van der Waals surface area contributed by atoms with Crippen molar-refractivity contribution >= 4 is 28.5 Å². The molecule has 166 valence electrons. The van der Waals surface area contributed by atoms with Crippen LogP contribution in [0.1, 0.15) is 23.1 Å². The summed E-state index contributed by atoms with van der Waals surface area (Å²) in [5.74, 6) is -0.907. The molecule has 0 unspecified atom stereocenters. The Morgan fingerprint density at radius 2 is 1.72 bits per heavy atom. The van der Waals surface area contributed by atoms with E-state index in [2.05, 4.69) is 17.0 Å². The number of carbonyl (C=O) groups excluding carboxylic acids is 2. The minimum Gasteiger partial charge on any atom is -0.464 e. The summed E-state index contributed by atoms with van der Waals surface area (Å²) >= 11 is 0. The van der Waals surface area contributed by atoms with Crippen LogP contribution in [0.2, 0.25) is 0 Å². The zero-order valence-corrected chi connectivity index (χ0v) is 17.8. The van der Waals surface area contributed by atoms with E-state index in [1.54, 1.807) is 23.3 Å². The van der Waals surface area contributed by atoms with Gasteiger partial charge in [0.1, 0.15) is 11.4 Å². The predicted molar refractivity (Wildman–Crippen MR) is 118 cm³/mol. The van der Waals surface area contributed by atoms with Gasteiger partial charge in [-0.3, -0.25) is 9.59 Å². The number of hydrogen-bond donors (Lipinski definition) is 0. The lowest BCUT2D eigenvalue weighted by molar-refractivity contribution is -0.151. The Bertz CT molecular complexity index is 1150. The molecule has 0 N–H and O–H groups in total. The standard InChI is InChI=1S/C25H25FN2O4/c26-20-4-6-21(7-5-20)27-8-10-28(11-9-27)24(29)16-32-25(30)14-19-15-31-23-13-18-3-1-2-17(18)12-22(19)23/h4-7,12-13,15H,1-3,8-11,14,16H2. The number of furan rings is 1. The molecule has 1 aliphatic carbocycles. The Hall–Kier alpha value is -3.35. The number of esters is 1. The first kappa shape index (κ1) is 20.5. The maximum Gasteiger partial charge on any atom is 0.310 e. The SMILES string of the molecule is O=C(Cc1coc2cc3c(cc12)CCC3)OCC(=O)N1CCN(c2ccc(F)cc2)CC1. The third kappa shape index (κ3) is 4.20. The molecule has 0 radical (unpaired) electrons. The number of halogens is 1. The first-order valence-corrected chi connectivity index (χ1v) is 11.0. The van der Waals surface area contributed by atoms with Gasteiger partial charge in [-0.05, 0) is 66.8 Å². The molecule has 7 heteroatoms. The summed E-state index contributed by atoms with van der Waals surface area (Å²) in [5.41, 5.74) is 5.17. The van der Waals surface area contributed by atoms with Gasteiger partial charge in [0.25, 0.3) is 5.91 Å². The first-order chi connectivity index (χ1) is 15.6. The van der Waals surface area contributed by atoms with Crippen molar-refractivity contribution in [3.8, 4) is 0 Å². The van der Waals surface area contributed by atoms with Crippen molar-refractivity contribution in [1.82, 2.24) is 4.90 Å². The number of ether oxygens (including phenoxy) is 1. The maximum absolute atomic E-state index is 13.1. The molecule has 6 nitrogen and oxygen atoms in total. The zero-order valence-electron chi connectivity index (χ0n) is 17.8. The van der Waals surface area contributed by atoms with Crippen molar-refractivity contribution in [3.05, 3.63) is 65.2 Å². The predicted octanol–water partition coefficient (Wildman–Crippen LogP) is 3.50. The van der Waals surface area contributed by atoms with Crippen LogP contribution in [0, 0.1) is 5.82 Å². The fourth-order valence-electron chi connectivity index (χ4n) is 4.59. The van der Waals surface area contributed by atoms with Crippen molar-refractivity contribution in [2.24, 2.45) is 0 Å². The van der Waals surface area contributed by atoms with E-state index in [0.717, 1.165) is 41.5 Å². The molecule has 1 aromatic heterocycles. The molecule has 0 atom stereocenters.